The Morgan fingerprint density at radius 3 is 2.44 bits per heavy atom. The summed E-state index contributed by atoms with van der Waals surface area (Å²) in [6.07, 6.45) is -4.38. The van der Waals surface area contributed by atoms with Gasteiger partial charge in [-0.05, 0) is 42.3 Å². The number of hydrogen-bond acceptors (Lipinski definition) is 2. The molecule has 4 nitrogen and oxygen atoms in total. The Morgan fingerprint density at radius 1 is 1.15 bits per heavy atom. The summed E-state index contributed by atoms with van der Waals surface area (Å²) in [5.74, 6) is -1.03. The number of carbonyl (C=O) groups is 2. The molecule has 0 spiro atoms. The van der Waals surface area contributed by atoms with Gasteiger partial charge in [-0.1, -0.05) is 24.3 Å². The minimum atomic E-state index is -4.43. The Hall–Kier alpha value is -2.83. The summed E-state index contributed by atoms with van der Waals surface area (Å²) < 4.78 is 38.0. The molecule has 0 saturated carbocycles. The number of alkyl halides is 3. The molecule has 2 aromatic rings. The van der Waals surface area contributed by atoms with Crippen LogP contribution in [0.25, 0.3) is 0 Å². The van der Waals surface area contributed by atoms with Crippen LogP contribution in [0.1, 0.15) is 23.1 Å². The van der Waals surface area contributed by atoms with Crippen molar-refractivity contribution in [1.29, 1.82) is 0 Å². The van der Waals surface area contributed by atoms with E-state index in [0.29, 0.717) is 12.2 Å². The Labute approximate surface area is 155 Å². The highest BCUT2D eigenvalue weighted by atomic mass is 19.4. The van der Waals surface area contributed by atoms with E-state index in [0.717, 1.165) is 23.3 Å². The van der Waals surface area contributed by atoms with Gasteiger partial charge in [0, 0.05) is 25.2 Å². The van der Waals surface area contributed by atoms with Crippen LogP contribution in [0.5, 0.6) is 0 Å². The van der Waals surface area contributed by atoms with Gasteiger partial charge < -0.3 is 10.2 Å². The highest BCUT2D eigenvalue weighted by Crippen LogP contribution is 2.32. The molecule has 0 aromatic heterocycles. The minimum absolute atomic E-state index is 0.0423. The maximum atomic E-state index is 12.7. The van der Waals surface area contributed by atoms with E-state index < -0.39 is 17.7 Å². The maximum Gasteiger partial charge on any atom is 0.416 e. The van der Waals surface area contributed by atoms with E-state index in [1.54, 1.807) is 0 Å². The van der Waals surface area contributed by atoms with Crippen LogP contribution in [0.15, 0.2) is 48.5 Å². The number of halogens is 3. The van der Waals surface area contributed by atoms with Crippen LogP contribution in [0, 0.1) is 12.8 Å². The Kier molecular flexibility index (Phi) is 5.21. The van der Waals surface area contributed by atoms with Gasteiger partial charge in [0.25, 0.3) is 0 Å². The van der Waals surface area contributed by atoms with Gasteiger partial charge >= 0.3 is 6.18 Å². The number of benzene rings is 2. The first-order chi connectivity index (χ1) is 12.8. The predicted molar refractivity (Wildman–Crippen MR) is 94.9 cm³/mol. The molecule has 3 rings (SSSR count). The van der Waals surface area contributed by atoms with Crippen molar-refractivity contribution in [2.75, 3.05) is 11.4 Å². The Balaban J connectivity index is 1.63. The Morgan fingerprint density at radius 2 is 1.81 bits per heavy atom. The second kappa shape index (κ2) is 7.42. The fraction of sp³-hybridized carbons (Fsp3) is 0.300. The lowest BCUT2D eigenvalue weighted by Gasteiger charge is -2.17. The van der Waals surface area contributed by atoms with Gasteiger partial charge in [0.2, 0.25) is 11.8 Å². The third-order valence-corrected chi connectivity index (χ3v) is 4.72. The SMILES string of the molecule is Cc1ccccc1CNC(=O)C1CC(=O)N(c2ccc(C(F)(F)F)cc2)C1. The van der Waals surface area contributed by atoms with Gasteiger partial charge in [-0.25, -0.2) is 0 Å². The highest BCUT2D eigenvalue weighted by Gasteiger charge is 2.36. The van der Waals surface area contributed by atoms with Crippen LogP contribution in [0.3, 0.4) is 0 Å². The molecule has 1 atom stereocenters. The van der Waals surface area contributed by atoms with E-state index in [-0.39, 0.29) is 24.8 Å². The second-order valence-electron chi connectivity index (χ2n) is 6.59. The monoisotopic (exact) mass is 376 g/mol. The summed E-state index contributed by atoms with van der Waals surface area (Å²) in [5, 5.41) is 2.84. The second-order valence-corrected chi connectivity index (χ2v) is 6.59. The summed E-state index contributed by atoms with van der Waals surface area (Å²) in [4.78, 5) is 26.0. The molecular formula is C20H19F3N2O2. The molecule has 2 aromatic carbocycles. The van der Waals surface area contributed by atoms with E-state index in [1.165, 1.54) is 17.0 Å². The molecule has 1 saturated heterocycles. The molecule has 27 heavy (non-hydrogen) atoms. The number of nitrogens with zero attached hydrogens (tertiary/aromatic N) is 1. The molecular weight excluding hydrogens is 357 g/mol. The first-order valence-corrected chi connectivity index (χ1v) is 8.55. The van der Waals surface area contributed by atoms with Gasteiger partial charge in [0.15, 0.2) is 0 Å². The van der Waals surface area contributed by atoms with Crippen molar-refractivity contribution in [2.45, 2.75) is 26.1 Å². The molecule has 0 bridgehead atoms. The molecule has 1 fully saturated rings. The molecule has 2 amide bonds. The largest absolute Gasteiger partial charge is 0.416 e. The number of anilines is 1. The molecule has 1 heterocycles. The van der Waals surface area contributed by atoms with E-state index in [9.17, 15) is 22.8 Å². The van der Waals surface area contributed by atoms with Crippen LogP contribution in [0.2, 0.25) is 0 Å². The first-order valence-electron chi connectivity index (χ1n) is 8.55. The third kappa shape index (κ3) is 4.30. The molecule has 1 aliphatic heterocycles. The van der Waals surface area contributed by atoms with Gasteiger partial charge in [0.05, 0.1) is 11.5 Å². The van der Waals surface area contributed by atoms with Crippen LogP contribution in [0.4, 0.5) is 18.9 Å². The lowest BCUT2D eigenvalue weighted by molar-refractivity contribution is -0.137. The smallest absolute Gasteiger partial charge is 0.352 e. The summed E-state index contributed by atoms with van der Waals surface area (Å²) >= 11 is 0. The number of rotatable bonds is 4. The average molecular weight is 376 g/mol. The van der Waals surface area contributed by atoms with Crippen molar-refractivity contribution in [3.8, 4) is 0 Å². The average Bonchev–Trinajstić information content (AvgIpc) is 3.02. The fourth-order valence-electron chi connectivity index (χ4n) is 3.10. The zero-order valence-corrected chi connectivity index (χ0v) is 14.7. The topological polar surface area (TPSA) is 49.4 Å². The van der Waals surface area contributed by atoms with Crippen molar-refractivity contribution < 1.29 is 22.8 Å². The standard InChI is InChI=1S/C20H19F3N2O2/c1-13-4-2-3-5-14(13)11-24-19(27)15-10-18(26)25(12-15)17-8-6-16(7-9-17)20(21,22)23/h2-9,15H,10-12H2,1H3,(H,24,27). The van der Waals surface area contributed by atoms with Crippen molar-refractivity contribution in [2.24, 2.45) is 5.92 Å². The highest BCUT2D eigenvalue weighted by molar-refractivity contribution is 6.00. The summed E-state index contributed by atoms with van der Waals surface area (Å²) in [6, 6.07) is 12.1. The van der Waals surface area contributed by atoms with Crippen LogP contribution in [-0.4, -0.2) is 18.4 Å². The minimum Gasteiger partial charge on any atom is -0.352 e. The van der Waals surface area contributed by atoms with Gasteiger partial charge in [-0.2, -0.15) is 13.2 Å². The normalized spacial score (nSPS) is 17.3. The number of aryl methyl sites for hydroxylation is 1. The van der Waals surface area contributed by atoms with E-state index >= 15 is 0 Å². The summed E-state index contributed by atoms with van der Waals surface area (Å²) in [6.45, 7) is 2.48. The van der Waals surface area contributed by atoms with Crippen molar-refractivity contribution >= 4 is 17.5 Å². The Bertz CT molecular complexity index is 847. The van der Waals surface area contributed by atoms with E-state index in [4.69, 9.17) is 0 Å². The molecule has 1 unspecified atom stereocenters. The fourth-order valence-corrected chi connectivity index (χ4v) is 3.10. The number of nitrogens with one attached hydrogen (secondary N) is 1. The molecule has 0 aliphatic carbocycles. The van der Waals surface area contributed by atoms with Crippen LogP contribution >= 0.6 is 0 Å². The van der Waals surface area contributed by atoms with Crippen molar-refractivity contribution in [3.63, 3.8) is 0 Å². The molecule has 1 aliphatic rings. The van der Waals surface area contributed by atoms with E-state index in [2.05, 4.69) is 5.32 Å². The van der Waals surface area contributed by atoms with Crippen molar-refractivity contribution in [1.82, 2.24) is 5.32 Å². The number of hydrogen-bond donors (Lipinski definition) is 1. The van der Waals surface area contributed by atoms with Gasteiger partial charge in [-0.3, -0.25) is 9.59 Å². The zero-order valence-electron chi connectivity index (χ0n) is 14.7. The lowest BCUT2D eigenvalue weighted by Crippen LogP contribution is -2.32. The summed E-state index contributed by atoms with van der Waals surface area (Å²) in [7, 11) is 0. The van der Waals surface area contributed by atoms with Crippen molar-refractivity contribution in [3.05, 3.63) is 65.2 Å². The number of amides is 2. The van der Waals surface area contributed by atoms with Crippen LogP contribution < -0.4 is 10.2 Å². The first kappa shape index (κ1) is 18.9. The van der Waals surface area contributed by atoms with E-state index in [1.807, 2.05) is 31.2 Å². The summed E-state index contributed by atoms with van der Waals surface area (Å²) in [5.41, 5.74) is 1.65. The van der Waals surface area contributed by atoms with Gasteiger partial charge in [-0.15, -0.1) is 0 Å². The molecule has 1 N–H and O–H groups in total. The predicted octanol–water partition coefficient (Wildman–Crippen LogP) is 3.68. The molecule has 142 valence electrons. The number of carbonyl (C=O) groups excluding carboxylic acids is 2. The quantitative estimate of drug-likeness (QED) is 0.885. The zero-order chi connectivity index (χ0) is 19.6. The van der Waals surface area contributed by atoms with Crippen LogP contribution in [-0.2, 0) is 22.3 Å². The third-order valence-electron chi connectivity index (χ3n) is 4.72. The maximum absolute atomic E-state index is 12.7. The molecule has 7 heteroatoms. The molecule has 0 radical (unpaired) electrons. The van der Waals surface area contributed by atoms with Gasteiger partial charge in [0.1, 0.15) is 0 Å². The lowest BCUT2D eigenvalue weighted by atomic mass is 10.1.